The fourth-order valence-electron chi connectivity index (χ4n) is 3.16. The number of nitrogens with zero attached hydrogens (tertiary/aromatic N) is 1. The van der Waals surface area contributed by atoms with Crippen molar-refractivity contribution in [2.24, 2.45) is 11.3 Å². The van der Waals surface area contributed by atoms with Gasteiger partial charge in [0.15, 0.2) is 0 Å². The third-order valence-corrected chi connectivity index (χ3v) is 6.35. The molecule has 2 aliphatic rings. The molecular formula is C18H26N2O2S. The number of aliphatic hydroxyl groups is 1. The Bertz CT molecular complexity index is 540. The molecule has 0 bridgehead atoms. The van der Waals surface area contributed by atoms with Gasteiger partial charge < -0.3 is 10.4 Å². The molecule has 2 fully saturated rings. The van der Waals surface area contributed by atoms with Crippen molar-refractivity contribution in [3.8, 4) is 0 Å². The Hall–Kier alpha value is -1.07. The van der Waals surface area contributed by atoms with Gasteiger partial charge in [-0.15, -0.1) is 11.8 Å². The number of aliphatic hydroxyl groups excluding tert-OH is 1. The zero-order valence-corrected chi connectivity index (χ0v) is 14.4. The summed E-state index contributed by atoms with van der Waals surface area (Å²) >= 11 is 1.72. The molecule has 0 atom stereocenters. The van der Waals surface area contributed by atoms with Crippen LogP contribution in [0.5, 0.6) is 0 Å². The first-order valence-corrected chi connectivity index (χ1v) is 9.68. The van der Waals surface area contributed by atoms with E-state index in [1.807, 2.05) is 12.1 Å². The van der Waals surface area contributed by atoms with Crippen LogP contribution in [0.4, 0.5) is 0 Å². The van der Waals surface area contributed by atoms with E-state index < -0.39 is 0 Å². The van der Waals surface area contributed by atoms with E-state index in [2.05, 4.69) is 10.3 Å². The molecule has 0 aromatic carbocycles. The number of hydrogen-bond donors (Lipinski definition) is 2. The Morgan fingerprint density at radius 2 is 2.13 bits per heavy atom. The lowest BCUT2D eigenvalue weighted by molar-refractivity contribution is 0.0931. The molecule has 2 aliphatic carbocycles. The topological polar surface area (TPSA) is 62.2 Å². The second-order valence-electron chi connectivity index (χ2n) is 7.01. The Kier molecular flexibility index (Phi) is 5.59. The highest BCUT2D eigenvalue weighted by Gasteiger charge is 2.42. The van der Waals surface area contributed by atoms with Crippen molar-refractivity contribution in [3.63, 3.8) is 0 Å². The van der Waals surface area contributed by atoms with E-state index in [1.165, 1.54) is 32.1 Å². The van der Waals surface area contributed by atoms with E-state index in [0.717, 1.165) is 29.5 Å². The molecule has 1 aromatic heterocycles. The molecule has 0 saturated heterocycles. The molecule has 0 unspecified atom stereocenters. The molecule has 0 radical (unpaired) electrons. The fraction of sp³-hybridized carbons (Fsp3) is 0.667. The first kappa shape index (κ1) is 16.8. The quantitative estimate of drug-likeness (QED) is 0.751. The Balaban J connectivity index is 1.57. The van der Waals surface area contributed by atoms with Crippen LogP contribution in [-0.2, 0) is 0 Å². The number of rotatable bonds is 7. The fourth-order valence-corrected chi connectivity index (χ4v) is 4.34. The predicted octanol–water partition coefficient (Wildman–Crippen LogP) is 3.26. The van der Waals surface area contributed by atoms with Gasteiger partial charge in [-0.3, -0.25) is 4.79 Å². The molecule has 1 heterocycles. The van der Waals surface area contributed by atoms with Crippen LogP contribution in [0, 0.1) is 11.3 Å². The lowest BCUT2D eigenvalue weighted by atomic mass is 9.91. The van der Waals surface area contributed by atoms with Gasteiger partial charge in [0.05, 0.1) is 12.2 Å². The summed E-state index contributed by atoms with van der Waals surface area (Å²) in [6.45, 7) is 0.716. The van der Waals surface area contributed by atoms with E-state index in [-0.39, 0.29) is 17.9 Å². The van der Waals surface area contributed by atoms with Crippen LogP contribution in [0.3, 0.4) is 0 Å². The summed E-state index contributed by atoms with van der Waals surface area (Å²) in [5.74, 6) is 1.75. The SMILES string of the molecule is O=C(NCC1(CO)CC1)c1cccnc1SCC1CCCCC1. The first-order chi connectivity index (χ1) is 11.2. The van der Waals surface area contributed by atoms with Gasteiger partial charge in [0.2, 0.25) is 0 Å². The number of amides is 1. The molecule has 23 heavy (non-hydrogen) atoms. The summed E-state index contributed by atoms with van der Waals surface area (Å²) in [5, 5.41) is 13.2. The highest BCUT2D eigenvalue weighted by molar-refractivity contribution is 7.99. The molecule has 0 aliphatic heterocycles. The van der Waals surface area contributed by atoms with Crippen molar-refractivity contribution in [1.29, 1.82) is 0 Å². The van der Waals surface area contributed by atoms with Crippen molar-refractivity contribution >= 4 is 17.7 Å². The molecule has 1 aromatic rings. The van der Waals surface area contributed by atoms with Crippen molar-refractivity contribution in [3.05, 3.63) is 23.9 Å². The lowest BCUT2D eigenvalue weighted by Crippen LogP contribution is -2.32. The van der Waals surface area contributed by atoms with Gasteiger partial charge in [0.1, 0.15) is 5.03 Å². The van der Waals surface area contributed by atoms with Gasteiger partial charge in [-0.05, 0) is 43.7 Å². The van der Waals surface area contributed by atoms with E-state index in [0.29, 0.717) is 12.1 Å². The maximum atomic E-state index is 12.5. The highest BCUT2D eigenvalue weighted by atomic mass is 32.2. The van der Waals surface area contributed by atoms with E-state index in [1.54, 1.807) is 18.0 Å². The largest absolute Gasteiger partial charge is 0.396 e. The lowest BCUT2D eigenvalue weighted by Gasteiger charge is -2.21. The summed E-state index contributed by atoms with van der Waals surface area (Å²) in [4.78, 5) is 16.9. The van der Waals surface area contributed by atoms with E-state index in [4.69, 9.17) is 0 Å². The summed E-state index contributed by atoms with van der Waals surface area (Å²) in [7, 11) is 0. The summed E-state index contributed by atoms with van der Waals surface area (Å²) < 4.78 is 0. The molecule has 3 rings (SSSR count). The minimum atomic E-state index is -0.0658. The minimum absolute atomic E-state index is 0.0622. The number of thioether (sulfide) groups is 1. The Morgan fingerprint density at radius 3 is 2.83 bits per heavy atom. The van der Waals surface area contributed by atoms with Crippen molar-refractivity contribution < 1.29 is 9.90 Å². The van der Waals surface area contributed by atoms with Crippen LogP contribution in [0.1, 0.15) is 55.3 Å². The maximum Gasteiger partial charge on any atom is 0.254 e. The van der Waals surface area contributed by atoms with E-state index in [9.17, 15) is 9.90 Å². The molecule has 0 spiro atoms. The Labute approximate surface area is 142 Å². The van der Waals surface area contributed by atoms with Gasteiger partial charge in [0.25, 0.3) is 5.91 Å². The molecule has 5 heteroatoms. The predicted molar refractivity (Wildman–Crippen MR) is 92.6 cm³/mol. The second kappa shape index (κ2) is 7.67. The van der Waals surface area contributed by atoms with Gasteiger partial charge in [-0.1, -0.05) is 19.3 Å². The van der Waals surface area contributed by atoms with Crippen LogP contribution >= 0.6 is 11.8 Å². The second-order valence-corrected chi connectivity index (χ2v) is 8.02. The zero-order chi connectivity index (χ0) is 16.1. The van der Waals surface area contributed by atoms with E-state index >= 15 is 0 Å². The zero-order valence-electron chi connectivity index (χ0n) is 13.6. The summed E-state index contributed by atoms with van der Waals surface area (Å²) in [6.07, 6.45) is 10.4. The molecule has 4 nitrogen and oxygen atoms in total. The molecule has 126 valence electrons. The average molecular weight is 334 g/mol. The third kappa shape index (κ3) is 4.48. The maximum absolute atomic E-state index is 12.5. The standard InChI is InChI=1S/C18H26N2O2S/c21-13-18(8-9-18)12-20-16(22)15-7-4-10-19-17(15)23-11-14-5-2-1-3-6-14/h4,7,10,14,21H,1-3,5-6,8-9,11-13H2,(H,20,22). The van der Waals surface area contributed by atoms with Crippen LogP contribution in [0.25, 0.3) is 0 Å². The summed E-state index contributed by atoms with van der Waals surface area (Å²) in [6, 6.07) is 3.67. The minimum Gasteiger partial charge on any atom is -0.396 e. The highest BCUT2D eigenvalue weighted by Crippen LogP contribution is 2.44. The molecule has 1 amide bonds. The normalized spacial score (nSPS) is 20.2. The van der Waals surface area contributed by atoms with Crippen molar-refractivity contribution in [1.82, 2.24) is 10.3 Å². The van der Waals surface area contributed by atoms with Gasteiger partial charge >= 0.3 is 0 Å². The van der Waals surface area contributed by atoms with Crippen molar-refractivity contribution in [2.75, 3.05) is 18.9 Å². The monoisotopic (exact) mass is 334 g/mol. The molecule has 2 saturated carbocycles. The van der Waals surface area contributed by atoms with Gasteiger partial charge in [-0.25, -0.2) is 4.98 Å². The number of pyridine rings is 1. The number of carbonyl (C=O) groups excluding carboxylic acids is 1. The average Bonchev–Trinajstić information content (AvgIpc) is 3.40. The van der Waals surface area contributed by atoms with Crippen LogP contribution < -0.4 is 5.32 Å². The summed E-state index contributed by atoms with van der Waals surface area (Å²) in [5.41, 5.74) is 0.606. The molecular weight excluding hydrogens is 308 g/mol. The number of aromatic nitrogens is 1. The van der Waals surface area contributed by atoms with Crippen molar-refractivity contribution in [2.45, 2.75) is 50.0 Å². The van der Waals surface area contributed by atoms with Crippen LogP contribution in [0.15, 0.2) is 23.4 Å². The van der Waals surface area contributed by atoms with Crippen LogP contribution in [0.2, 0.25) is 0 Å². The van der Waals surface area contributed by atoms with Crippen LogP contribution in [-0.4, -0.2) is 34.9 Å². The third-order valence-electron chi connectivity index (χ3n) is 5.11. The molecule has 2 N–H and O–H groups in total. The van der Waals surface area contributed by atoms with Gasteiger partial charge in [-0.2, -0.15) is 0 Å². The first-order valence-electron chi connectivity index (χ1n) is 8.69. The smallest absolute Gasteiger partial charge is 0.254 e. The Morgan fingerprint density at radius 1 is 1.35 bits per heavy atom. The number of carbonyl (C=O) groups is 1. The number of hydrogen-bond acceptors (Lipinski definition) is 4. The van der Waals surface area contributed by atoms with Gasteiger partial charge in [0, 0.05) is 23.9 Å². The number of nitrogens with one attached hydrogen (secondary N) is 1.